The fourth-order valence-corrected chi connectivity index (χ4v) is 2.66. The molecule has 0 fully saturated rings. The third-order valence-electron chi connectivity index (χ3n) is 3.93. The van der Waals surface area contributed by atoms with Crippen molar-refractivity contribution in [2.75, 3.05) is 11.9 Å². The van der Waals surface area contributed by atoms with Crippen molar-refractivity contribution in [2.45, 2.75) is 13.0 Å². The monoisotopic (exact) mass is 331 g/mol. The Balaban J connectivity index is 1.50. The molecule has 7 heteroatoms. The molecule has 3 heterocycles. The fourth-order valence-electron chi connectivity index (χ4n) is 2.66. The molecule has 1 N–H and O–H groups in total. The zero-order chi connectivity index (χ0) is 16.9. The van der Waals surface area contributed by atoms with Crippen molar-refractivity contribution in [1.29, 1.82) is 0 Å². The van der Waals surface area contributed by atoms with Gasteiger partial charge in [-0.05, 0) is 29.7 Å². The van der Waals surface area contributed by atoms with Crippen molar-refractivity contribution in [1.82, 2.24) is 29.9 Å². The smallest absolute Gasteiger partial charge is 0.184 e. The molecule has 7 nitrogen and oxygen atoms in total. The second-order valence-electron chi connectivity index (χ2n) is 5.66. The van der Waals surface area contributed by atoms with Gasteiger partial charge in [-0.1, -0.05) is 35.5 Å². The molecule has 0 bridgehead atoms. The molecule has 0 radical (unpaired) electrons. The van der Waals surface area contributed by atoms with Crippen LogP contribution in [0.5, 0.6) is 0 Å². The summed E-state index contributed by atoms with van der Waals surface area (Å²) in [5.74, 6) is 0.707. The molecule has 1 aromatic carbocycles. The largest absolute Gasteiger partial charge is 0.368 e. The van der Waals surface area contributed by atoms with Gasteiger partial charge in [0.2, 0.25) is 0 Å². The predicted molar refractivity (Wildman–Crippen MR) is 95.1 cm³/mol. The molecular formula is C18H17N7. The molecule has 25 heavy (non-hydrogen) atoms. The Hall–Kier alpha value is -3.35. The van der Waals surface area contributed by atoms with Crippen LogP contribution in [0.4, 0.5) is 5.82 Å². The van der Waals surface area contributed by atoms with E-state index in [0.29, 0.717) is 17.9 Å². The molecule has 0 saturated heterocycles. The molecule has 0 unspecified atom stereocenters. The maximum atomic E-state index is 4.34. The van der Waals surface area contributed by atoms with E-state index in [0.717, 1.165) is 24.2 Å². The minimum Gasteiger partial charge on any atom is -0.368 e. The third kappa shape index (κ3) is 3.45. The standard InChI is InChI=1S/C18H17N7/c1-2-4-15(5-3-1)12-25-18-16(23-24-25)17(21-13-22-18)20-11-8-14-6-9-19-10-7-14/h1-7,9-10,13H,8,11-12H2,(H,20,21,22). The lowest BCUT2D eigenvalue weighted by atomic mass is 10.2. The van der Waals surface area contributed by atoms with E-state index in [9.17, 15) is 0 Å². The topological polar surface area (TPSA) is 81.4 Å². The molecule has 0 amide bonds. The van der Waals surface area contributed by atoms with Crippen LogP contribution in [0.2, 0.25) is 0 Å². The summed E-state index contributed by atoms with van der Waals surface area (Å²) in [5.41, 5.74) is 3.79. The van der Waals surface area contributed by atoms with Gasteiger partial charge in [0.15, 0.2) is 17.0 Å². The predicted octanol–water partition coefficient (Wildman–Crippen LogP) is 2.32. The highest BCUT2D eigenvalue weighted by Gasteiger charge is 2.11. The van der Waals surface area contributed by atoms with Gasteiger partial charge in [0.25, 0.3) is 0 Å². The molecule has 0 spiro atoms. The first-order valence-electron chi connectivity index (χ1n) is 8.11. The second-order valence-corrected chi connectivity index (χ2v) is 5.66. The molecule has 0 saturated carbocycles. The number of nitrogens with zero attached hydrogens (tertiary/aromatic N) is 6. The highest BCUT2D eigenvalue weighted by atomic mass is 15.4. The van der Waals surface area contributed by atoms with Crippen LogP contribution in [0, 0.1) is 0 Å². The zero-order valence-corrected chi connectivity index (χ0v) is 13.6. The average molecular weight is 331 g/mol. The van der Waals surface area contributed by atoms with E-state index in [1.807, 2.05) is 30.3 Å². The van der Waals surface area contributed by atoms with Crippen molar-refractivity contribution in [3.63, 3.8) is 0 Å². The van der Waals surface area contributed by atoms with Gasteiger partial charge < -0.3 is 5.32 Å². The summed E-state index contributed by atoms with van der Waals surface area (Å²) in [5, 5.41) is 11.8. The van der Waals surface area contributed by atoms with E-state index in [-0.39, 0.29) is 0 Å². The Labute approximate surface area is 144 Å². The Morgan fingerprint density at radius 1 is 0.920 bits per heavy atom. The lowest BCUT2D eigenvalue weighted by molar-refractivity contribution is 0.664. The Morgan fingerprint density at radius 2 is 1.76 bits per heavy atom. The second kappa shape index (κ2) is 7.04. The number of hydrogen-bond donors (Lipinski definition) is 1. The summed E-state index contributed by atoms with van der Waals surface area (Å²) in [6.45, 7) is 1.38. The van der Waals surface area contributed by atoms with Crippen molar-refractivity contribution < 1.29 is 0 Å². The third-order valence-corrected chi connectivity index (χ3v) is 3.93. The number of hydrogen-bond acceptors (Lipinski definition) is 6. The van der Waals surface area contributed by atoms with Gasteiger partial charge in [0.05, 0.1) is 6.54 Å². The lowest BCUT2D eigenvalue weighted by Gasteiger charge is -2.06. The van der Waals surface area contributed by atoms with Crippen molar-refractivity contribution in [3.8, 4) is 0 Å². The number of benzene rings is 1. The molecule has 0 atom stereocenters. The maximum absolute atomic E-state index is 4.34. The highest BCUT2D eigenvalue weighted by Crippen LogP contribution is 2.17. The molecule has 4 rings (SSSR count). The Bertz CT molecular complexity index is 951. The summed E-state index contributed by atoms with van der Waals surface area (Å²) in [7, 11) is 0. The quantitative estimate of drug-likeness (QED) is 0.584. The van der Waals surface area contributed by atoms with E-state index < -0.39 is 0 Å². The van der Waals surface area contributed by atoms with Gasteiger partial charge in [-0.25, -0.2) is 14.6 Å². The Kier molecular flexibility index (Phi) is 4.28. The van der Waals surface area contributed by atoms with E-state index in [1.54, 1.807) is 23.4 Å². The van der Waals surface area contributed by atoms with Crippen LogP contribution in [-0.4, -0.2) is 36.5 Å². The van der Waals surface area contributed by atoms with Gasteiger partial charge in [-0.3, -0.25) is 4.98 Å². The van der Waals surface area contributed by atoms with Crippen LogP contribution in [0.15, 0.2) is 61.2 Å². The summed E-state index contributed by atoms with van der Waals surface area (Å²) in [6.07, 6.45) is 6.02. The van der Waals surface area contributed by atoms with Gasteiger partial charge in [-0.15, -0.1) is 5.10 Å². The minimum atomic E-state index is 0.630. The van der Waals surface area contributed by atoms with Crippen molar-refractivity contribution in [3.05, 3.63) is 72.3 Å². The van der Waals surface area contributed by atoms with Crippen LogP contribution >= 0.6 is 0 Å². The van der Waals surface area contributed by atoms with E-state index in [1.165, 1.54) is 5.56 Å². The van der Waals surface area contributed by atoms with Crippen LogP contribution in [0.1, 0.15) is 11.1 Å². The summed E-state index contributed by atoms with van der Waals surface area (Å²) in [4.78, 5) is 12.7. The summed E-state index contributed by atoms with van der Waals surface area (Å²) in [6, 6.07) is 14.1. The fraction of sp³-hybridized carbons (Fsp3) is 0.167. The van der Waals surface area contributed by atoms with Gasteiger partial charge >= 0.3 is 0 Å². The zero-order valence-electron chi connectivity index (χ0n) is 13.6. The first-order chi connectivity index (χ1) is 12.4. The molecule has 0 aliphatic carbocycles. The SMILES string of the molecule is c1ccc(Cn2nnc3c(NCCc4ccncc4)ncnc32)cc1. The van der Waals surface area contributed by atoms with Gasteiger partial charge in [0, 0.05) is 18.9 Å². The molecule has 0 aliphatic heterocycles. The minimum absolute atomic E-state index is 0.630. The number of nitrogens with one attached hydrogen (secondary N) is 1. The number of aromatic nitrogens is 6. The van der Waals surface area contributed by atoms with Crippen LogP contribution < -0.4 is 5.32 Å². The molecule has 4 aromatic rings. The number of fused-ring (bicyclic) bond motifs is 1. The molecule has 124 valence electrons. The highest BCUT2D eigenvalue weighted by molar-refractivity contribution is 5.81. The van der Waals surface area contributed by atoms with Gasteiger partial charge in [0.1, 0.15) is 6.33 Å². The summed E-state index contributed by atoms with van der Waals surface area (Å²) < 4.78 is 1.79. The first kappa shape index (κ1) is 15.2. The number of rotatable bonds is 6. The van der Waals surface area contributed by atoms with Crippen LogP contribution in [-0.2, 0) is 13.0 Å². The Morgan fingerprint density at radius 3 is 2.60 bits per heavy atom. The van der Waals surface area contributed by atoms with E-state index in [4.69, 9.17) is 0 Å². The van der Waals surface area contributed by atoms with Crippen LogP contribution in [0.3, 0.4) is 0 Å². The molecular weight excluding hydrogens is 314 g/mol. The average Bonchev–Trinajstić information content (AvgIpc) is 3.07. The van der Waals surface area contributed by atoms with E-state index >= 15 is 0 Å². The maximum Gasteiger partial charge on any atom is 0.184 e. The summed E-state index contributed by atoms with van der Waals surface area (Å²) >= 11 is 0. The van der Waals surface area contributed by atoms with Gasteiger partial charge in [-0.2, -0.15) is 0 Å². The van der Waals surface area contributed by atoms with Crippen molar-refractivity contribution in [2.24, 2.45) is 0 Å². The van der Waals surface area contributed by atoms with Crippen molar-refractivity contribution >= 4 is 17.0 Å². The first-order valence-corrected chi connectivity index (χ1v) is 8.11. The number of anilines is 1. The number of pyridine rings is 1. The molecule has 3 aromatic heterocycles. The normalized spacial score (nSPS) is 10.9. The van der Waals surface area contributed by atoms with E-state index in [2.05, 4.69) is 42.7 Å². The van der Waals surface area contributed by atoms with Crippen LogP contribution in [0.25, 0.3) is 11.2 Å². The lowest BCUT2D eigenvalue weighted by Crippen LogP contribution is -2.07. The molecule has 0 aliphatic rings.